The molecule has 1 unspecified atom stereocenters. The fourth-order valence-corrected chi connectivity index (χ4v) is 5.91. The molecule has 1 saturated heterocycles. The lowest BCUT2D eigenvalue weighted by Gasteiger charge is -2.32. The minimum atomic E-state index is -3.78. The third-order valence-corrected chi connectivity index (χ3v) is 7.81. The molecule has 0 radical (unpaired) electrons. The van der Waals surface area contributed by atoms with Gasteiger partial charge < -0.3 is 10.1 Å². The number of sulfonamides is 1. The summed E-state index contributed by atoms with van der Waals surface area (Å²) in [5.41, 5.74) is 1.01. The van der Waals surface area contributed by atoms with E-state index in [1.807, 2.05) is 35.7 Å². The van der Waals surface area contributed by atoms with E-state index in [-0.39, 0.29) is 28.2 Å². The molecule has 9 nitrogen and oxygen atoms in total. The number of nitrogens with one attached hydrogen (secondary N) is 1. The molecule has 32 heavy (non-hydrogen) atoms. The number of pyridine rings is 1. The van der Waals surface area contributed by atoms with Crippen molar-refractivity contribution in [3.63, 3.8) is 0 Å². The van der Waals surface area contributed by atoms with Gasteiger partial charge in [-0.1, -0.05) is 12.5 Å². The van der Waals surface area contributed by atoms with E-state index in [0.29, 0.717) is 19.5 Å². The Labute approximate surface area is 187 Å². The lowest BCUT2D eigenvalue weighted by atomic mass is 10.1. The van der Waals surface area contributed by atoms with Crippen LogP contribution < -0.4 is 10.1 Å². The van der Waals surface area contributed by atoms with Gasteiger partial charge in [-0.25, -0.2) is 8.42 Å². The topological polar surface area (TPSA) is 106 Å². The van der Waals surface area contributed by atoms with E-state index in [4.69, 9.17) is 4.74 Å². The van der Waals surface area contributed by atoms with Gasteiger partial charge in [0.05, 0.1) is 7.11 Å². The Balaban J connectivity index is 1.50. The molecule has 4 rings (SSSR count). The van der Waals surface area contributed by atoms with E-state index in [9.17, 15) is 13.2 Å². The van der Waals surface area contributed by atoms with Crippen LogP contribution in [-0.4, -0.2) is 59.5 Å². The molecule has 1 fully saturated rings. The number of hydrogen-bond donors (Lipinski definition) is 1. The average molecular weight is 458 g/mol. The summed E-state index contributed by atoms with van der Waals surface area (Å²) in [5, 5.41) is 11.1. The highest BCUT2D eigenvalue weighted by Gasteiger charge is 2.33. The maximum atomic E-state index is 13.3. The van der Waals surface area contributed by atoms with Gasteiger partial charge in [-0.05, 0) is 50.1 Å². The standard InChI is InChI=1S/C22H27N5O4S/c1-16-7-3-6-14-27(16)32(29,30)19-15-17(9-10-18(19)31-2)22(28)23-12-11-21-25-24-20-8-4-5-13-26(20)21/h4-5,8-10,13,15-16H,3,6-7,11-12,14H2,1-2H3,(H,23,28). The summed E-state index contributed by atoms with van der Waals surface area (Å²) in [4.78, 5) is 12.8. The van der Waals surface area contributed by atoms with Crippen molar-refractivity contribution in [2.24, 2.45) is 0 Å². The maximum absolute atomic E-state index is 13.3. The summed E-state index contributed by atoms with van der Waals surface area (Å²) < 4.78 is 35.4. The fraction of sp³-hybridized carbons (Fsp3) is 0.409. The molecule has 0 bridgehead atoms. The molecule has 10 heteroatoms. The normalized spacial score (nSPS) is 17.4. The number of amides is 1. The van der Waals surface area contributed by atoms with E-state index < -0.39 is 10.0 Å². The van der Waals surface area contributed by atoms with Gasteiger partial charge in [0, 0.05) is 37.3 Å². The summed E-state index contributed by atoms with van der Waals surface area (Å²) in [5.74, 6) is 0.608. The molecule has 0 spiro atoms. The minimum Gasteiger partial charge on any atom is -0.495 e. The number of methoxy groups -OCH3 is 1. The van der Waals surface area contributed by atoms with E-state index in [0.717, 1.165) is 30.7 Å². The highest BCUT2D eigenvalue weighted by Crippen LogP contribution is 2.31. The van der Waals surface area contributed by atoms with Crippen LogP contribution in [0.1, 0.15) is 42.4 Å². The van der Waals surface area contributed by atoms with Gasteiger partial charge in [0.2, 0.25) is 10.0 Å². The monoisotopic (exact) mass is 457 g/mol. The van der Waals surface area contributed by atoms with Gasteiger partial charge >= 0.3 is 0 Å². The Morgan fingerprint density at radius 3 is 2.84 bits per heavy atom. The number of nitrogens with zero attached hydrogens (tertiary/aromatic N) is 4. The van der Waals surface area contributed by atoms with E-state index in [2.05, 4.69) is 15.5 Å². The first-order valence-corrected chi connectivity index (χ1v) is 12.1. The number of carbonyl (C=O) groups excluding carboxylic acids is 1. The van der Waals surface area contributed by atoms with Gasteiger partial charge in [0.15, 0.2) is 5.65 Å². The average Bonchev–Trinajstić information content (AvgIpc) is 3.22. The number of aromatic nitrogens is 3. The molecule has 1 aromatic carbocycles. The Hall–Kier alpha value is -2.98. The van der Waals surface area contributed by atoms with Crippen LogP contribution in [0.25, 0.3) is 5.65 Å². The Morgan fingerprint density at radius 2 is 2.06 bits per heavy atom. The molecule has 1 atom stereocenters. The fourth-order valence-electron chi connectivity index (χ4n) is 4.03. The van der Waals surface area contributed by atoms with Crippen LogP contribution in [0.2, 0.25) is 0 Å². The highest BCUT2D eigenvalue weighted by molar-refractivity contribution is 7.89. The van der Waals surface area contributed by atoms with Crippen molar-refractivity contribution < 1.29 is 17.9 Å². The first-order chi connectivity index (χ1) is 15.4. The smallest absolute Gasteiger partial charge is 0.251 e. The van der Waals surface area contributed by atoms with Crippen LogP contribution in [0.15, 0.2) is 47.5 Å². The van der Waals surface area contributed by atoms with Crippen LogP contribution in [0.3, 0.4) is 0 Å². The summed E-state index contributed by atoms with van der Waals surface area (Å²) in [6.07, 6.45) is 5.01. The lowest BCUT2D eigenvalue weighted by Crippen LogP contribution is -2.42. The van der Waals surface area contributed by atoms with E-state index in [1.54, 1.807) is 6.07 Å². The molecular weight excluding hydrogens is 430 g/mol. The van der Waals surface area contributed by atoms with Crippen LogP contribution >= 0.6 is 0 Å². The molecule has 1 N–H and O–H groups in total. The predicted molar refractivity (Wildman–Crippen MR) is 119 cm³/mol. The van der Waals surface area contributed by atoms with Gasteiger partial charge in [0.25, 0.3) is 5.91 Å². The number of hydrogen-bond acceptors (Lipinski definition) is 6. The van der Waals surface area contributed by atoms with Gasteiger partial charge in [-0.15, -0.1) is 10.2 Å². The molecule has 3 aromatic rings. The van der Waals surface area contributed by atoms with Crippen molar-refractivity contribution in [2.75, 3.05) is 20.2 Å². The summed E-state index contributed by atoms with van der Waals surface area (Å²) in [7, 11) is -2.36. The number of rotatable bonds is 7. The second-order valence-corrected chi connectivity index (χ2v) is 9.74. The molecule has 1 aliphatic rings. The van der Waals surface area contributed by atoms with Crippen molar-refractivity contribution in [3.05, 3.63) is 54.0 Å². The van der Waals surface area contributed by atoms with Crippen molar-refractivity contribution >= 4 is 21.6 Å². The van der Waals surface area contributed by atoms with Gasteiger partial charge in [-0.2, -0.15) is 4.31 Å². The summed E-state index contributed by atoms with van der Waals surface area (Å²) in [6, 6.07) is 10.0. The molecule has 1 amide bonds. The lowest BCUT2D eigenvalue weighted by molar-refractivity contribution is 0.0953. The first kappa shape index (κ1) is 22.2. The molecule has 3 heterocycles. The first-order valence-electron chi connectivity index (χ1n) is 10.7. The second kappa shape index (κ2) is 9.25. The van der Waals surface area contributed by atoms with Gasteiger partial charge in [0.1, 0.15) is 16.5 Å². The van der Waals surface area contributed by atoms with Crippen molar-refractivity contribution in [2.45, 2.75) is 43.5 Å². The zero-order valence-corrected chi connectivity index (χ0v) is 19.0. The predicted octanol–water partition coefficient (Wildman–Crippen LogP) is 2.27. The largest absolute Gasteiger partial charge is 0.495 e. The molecule has 0 aliphatic carbocycles. The van der Waals surface area contributed by atoms with Crippen LogP contribution in [0.4, 0.5) is 0 Å². The molecule has 0 saturated carbocycles. The number of piperidine rings is 1. The van der Waals surface area contributed by atoms with E-state index in [1.165, 1.54) is 23.5 Å². The van der Waals surface area contributed by atoms with Gasteiger partial charge in [-0.3, -0.25) is 9.20 Å². The zero-order chi connectivity index (χ0) is 22.7. The van der Waals surface area contributed by atoms with Crippen LogP contribution in [0, 0.1) is 0 Å². The Bertz CT molecular complexity index is 1220. The summed E-state index contributed by atoms with van der Waals surface area (Å²) in [6.45, 7) is 2.72. The summed E-state index contributed by atoms with van der Waals surface area (Å²) >= 11 is 0. The van der Waals surface area contributed by atoms with Crippen LogP contribution in [-0.2, 0) is 16.4 Å². The number of benzene rings is 1. The van der Waals surface area contributed by atoms with Crippen molar-refractivity contribution in [1.82, 2.24) is 24.2 Å². The maximum Gasteiger partial charge on any atom is 0.251 e. The third kappa shape index (κ3) is 4.33. The molecular formula is C22H27N5O4S. The SMILES string of the molecule is COc1ccc(C(=O)NCCc2nnc3ccccn23)cc1S(=O)(=O)N1CCCCC1C. The van der Waals surface area contributed by atoms with Crippen molar-refractivity contribution in [3.8, 4) is 5.75 Å². The Morgan fingerprint density at radius 1 is 1.22 bits per heavy atom. The third-order valence-electron chi connectivity index (χ3n) is 5.77. The Kier molecular flexibility index (Phi) is 6.43. The zero-order valence-electron chi connectivity index (χ0n) is 18.2. The number of ether oxygens (including phenoxy) is 1. The second-order valence-electron chi connectivity index (χ2n) is 7.88. The highest BCUT2D eigenvalue weighted by atomic mass is 32.2. The van der Waals surface area contributed by atoms with Crippen molar-refractivity contribution in [1.29, 1.82) is 0 Å². The number of carbonyl (C=O) groups is 1. The minimum absolute atomic E-state index is 0.0184. The molecule has 170 valence electrons. The quantitative estimate of drug-likeness (QED) is 0.583. The van der Waals surface area contributed by atoms with E-state index >= 15 is 0 Å². The van der Waals surface area contributed by atoms with Crippen LogP contribution in [0.5, 0.6) is 5.75 Å². The molecule has 1 aliphatic heterocycles. The number of fused-ring (bicyclic) bond motifs is 1. The molecule has 2 aromatic heterocycles.